The van der Waals surface area contributed by atoms with E-state index in [0.717, 1.165) is 33.4 Å². The monoisotopic (exact) mass is 319 g/mol. The van der Waals surface area contributed by atoms with Gasteiger partial charge in [-0.3, -0.25) is 10.1 Å². The smallest absolute Gasteiger partial charge is 0.328 e. The number of carboxylic acid groups (broad SMARTS) is 1. The molecule has 0 radical (unpaired) electrons. The molecule has 0 atom stereocenters. The molecule has 116 valence electrons. The van der Waals surface area contributed by atoms with Crippen LogP contribution in [0.5, 0.6) is 0 Å². The van der Waals surface area contributed by atoms with Crippen molar-refractivity contribution in [2.75, 3.05) is 0 Å². The fourth-order valence-electron chi connectivity index (χ4n) is 1.59. The predicted octanol–water partition coefficient (Wildman–Crippen LogP) is 4.51. The van der Waals surface area contributed by atoms with Gasteiger partial charge in [0.05, 0.1) is 4.92 Å². The molecule has 0 aliphatic rings. The molecule has 1 rings (SSSR count). The second kappa shape index (κ2) is 8.09. The third-order valence-corrected chi connectivity index (χ3v) is 3.84. The fraction of sp³-hybridized carbons (Fsp3) is 0.188. The highest BCUT2D eigenvalue weighted by molar-refractivity contribution is 7.16. The van der Waals surface area contributed by atoms with Crippen molar-refractivity contribution in [1.29, 1.82) is 0 Å². The lowest BCUT2D eigenvalue weighted by atomic mass is 10.2. The van der Waals surface area contributed by atoms with Gasteiger partial charge in [-0.05, 0) is 38.0 Å². The zero-order chi connectivity index (χ0) is 16.7. The van der Waals surface area contributed by atoms with Crippen molar-refractivity contribution in [2.45, 2.75) is 20.8 Å². The number of nitro groups is 1. The highest BCUT2D eigenvalue weighted by atomic mass is 32.1. The zero-order valence-electron chi connectivity index (χ0n) is 12.6. The molecule has 0 amide bonds. The van der Waals surface area contributed by atoms with Gasteiger partial charge in [-0.1, -0.05) is 41.2 Å². The molecular formula is C16H17NO4S. The number of hydrogen-bond acceptors (Lipinski definition) is 4. The molecule has 0 spiro atoms. The summed E-state index contributed by atoms with van der Waals surface area (Å²) < 4.78 is 0. The molecule has 1 N–H and O–H groups in total. The van der Waals surface area contributed by atoms with Crippen molar-refractivity contribution in [3.05, 3.63) is 68.1 Å². The Morgan fingerprint density at radius 1 is 1.32 bits per heavy atom. The number of aryl methyl sites for hydroxylation is 1. The molecule has 22 heavy (non-hydrogen) atoms. The van der Waals surface area contributed by atoms with Crippen LogP contribution in [0.1, 0.15) is 24.3 Å². The number of hydrogen-bond donors (Lipinski definition) is 1. The average Bonchev–Trinajstić information content (AvgIpc) is 2.77. The van der Waals surface area contributed by atoms with Crippen LogP contribution in [0.15, 0.2) is 47.6 Å². The Kier molecular flexibility index (Phi) is 6.47. The molecular weight excluding hydrogens is 302 g/mol. The van der Waals surface area contributed by atoms with Gasteiger partial charge in [-0.15, -0.1) is 0 Å². The molecule has 0 fully saturated rings. The molecule has 6 heteroatoms. The first-order valence-corrected chi connectivity index (χ1v) is 7.30. The van der Waals surface area contributed by atoms with Crippen molar-refractivity contribution >= 4 is 28.4 Å². The number of carboxylic acids is 1. The van der Waals surface area contributed by atoms with Crippen LogP contribution in [0.3, 0.4) is 0 Å². The average molecular weight is 319 g/mol. The SMILES string of the molecule is CC(C=Cc1sc([N+](=O)[O-])cc1C)=C/C=C/C(C)=CC(=O)O. The van der Waals surface area contributed by atoms with Crippen LogP contribution >= 0.6 is 11.3 Å². The van der Waals surface area contributed by atoms with Crippen LogP contribution in [-0.4, -0.2) is 16.0 Å². The van der Waals surface area contributed by atoms with E-state index >= 15 is 0 Å². The highest BCUT2D eigenvalue weighted by Gasteiger charge is 2.11. The largest absolute Gasteiger partial charge is 0.478 e. The topological polar surface area (TPSA) is 80.4 Å². The van der Waals surface area contributed by atoms with Crippen LogP contribution in [0.25, 0.3) is 6.08 Å². The summed E-state index contributed by atoms with van der Waals surface area (Å²) in [7, 11) is 0. The first-order valence-electron chi connectivity index (χ1n) is 6.48. The molecule has 0 aromatic carbocycles. The van der Waals surface area contributed by atoms with Crippen LogP contribution < -0.4 is 0 Å². The Bertz CT molecular complexity index is 693. The van der Waals surface area contributed by atoms with Gasteiger partial charge in [-0.2, -0.15) is 0 Å². The molecule has 0 aliphatic heterocycles. The van der Waals surface area contributed by atoms with Crippen LogP contribution in [0.4, 0.5) is 5.00 Å². The van der Waals surface area contributed by atoms with Crippen LogP contribution in [0.2, 0.25) is 0 Å². The molecule has 0 aliphatic carbocycles. The second-order valence-electron chi connectivity index (χ2n) is 4.72. The Balaban J connectivity index is 2.77. The third kappa shape index (κ3) is 5.88. The normalized spacial score (nSPS) is 13.2. The van der Waals surface area contributed by atoms with E-state index in [-0.39, 0.29) is 5.00 Å². The lowest BCUT2D eigenvalue weighted by molar-refractivity contribution is -0.380. The van der Waals surface area contributed by atoms with Gasteiger partial charge in [-0.25, -0.2) is 4.79 Å². The highest BCUT2D eigenvalue weighted by Crippen LogP contribution is 2.29. The lowest BCUT2D eigenvalue weighted by Crippen LogP contribution is -1.87. The Labute approximate surface area is 132 Å². The van der Waals surface area contributed by atoms with E-state index in [0.29, 0.717) is 5.57 Å². The summed E-state index contributed by atoms with van der Waals surface area (Å²) in [6, 6.07) is 1.56. The number of nitrogens with zero attached hydrogens (tertiary/aromatic N) is 1. The minimum Gasteiger partial charge on any atom is -0.478 e. The van der Waals surface area contributed by atoms with Gasteiger partial charge in [0.1, 0.15) is 0 Å². The maximum Gasteiger partial charge on any atom is 0.328 e. The van der Waals surface area contributed by atoms with Crippen LogP contribution in [0, 0.1) is 17.0 Å². The van der Waals surface area contributed by atoms with E-state index in [1.807, 2.05) is 32.1 Å². The lowest BCUT2D eigenvalue weighted by Gasteiger charge is -1.91. The fourth-order valence-corrected chi connectivity index (χ4v) is 2.48. The van der Waals surface area contributed by atoms with Crippen molar-refractivity contribution < 1.29 is 14.8 Å². The number of carbonyl (C=O) groups is 1. The summed E-state index contributed by atoms with van der Waals surface area (Å²) in [6.07, 6.45) is 10.1. The van der Waals surface area contributed by atoms with Gasteiger partial charge >= 0.3 is 11.0 Å². The summed E-state index contributed by atoms with van der Waals surface area (Å²) >= 11 is 1.14. The van der Waals surface area contributed by atoms with E-state index in [1.54, 1.807) is 25.1 Å². The van der Waals surface area contributed by atoms with E-state index < -0.39 is 10.9 Å². The van der Waals surface area contributed by atoms with E-state index in [9.17, 15) is 14.9 Å². The van der Waals surface area contributed by atoms with Gasteiger partial charge in [0.15, 0.2) is 0 Å². The Morgan fingerprint density at radius 3 is 2.55 bits per heavy atom. The number of aliphatic carboxylic acids is 1. The van der Waals surface area contributed by atoms with Crippen LogP contribution in [-0.2, 0) is 4.79 Å². The molecule has 0 saturated carbocycles. The maximum absolute atomic E-state index is 10.7. The number of thiophene rings is 1. The maximum atomic E-state index is 10.7. The molecule has 0 saturated heterocycles. The number of rotatable bonds is 6. The quantitative estimate of drug-likeness (QED) is 0.362. The molecule has 0 unspecified atom stereocenters. The van der Waals surface area contributed by atoms with Crippen molar-refractivity contribution in [3.63, 3.8) is 0 Å². The van der Waals surface area contributed by atoms with Crippen molar-refractivity contribution in [3.8, 4) is 0 Å². The molecule has 1 aromatic rings. The van der Waals surface area contributed by atoms with E-state index in [2.05, 4.69) is 0 Å². The number of allylic oxidation sites excluding steroid dienone is 6. The van der Waals surface area contributed by atoms with E-state index in [1.165, 1.54) is 0 Å². The molecule has 0 bridgehead atoms. The zero-order valence-corrected chi connectivity index (χ0v) is 13.4. The van der Waals surface area contributed by atoms with Gasteiger partial charge in [0.25, 0.3) is 0 Å². The van der Waals surface area contributed by atoms with Crippen molar-refractivity contribution in [2.24, 2.45) is 0 Å². The first kappa shape index (κ1) is 17.6. The summed E-state index contributed by atoms with van der Waals surface area (Å²) in [6.45, 7) is 5.44. The first-order chi connectivity index (χ1) is 10.3. The van der Waals surface area contributed by atoms with Gasteiger partial charge in [0, 0.05) is 17.0 Å². The second-order valence-corrected chi connectivity index (χ2v) is 5.78. The van der Waals surface area contributed by atoms with Gasteiger partial charge in [0.2, 0.25) is 0 Å². The summed E-state index contributed by atoms with van der Waals surface area (Å²) in [4.78, 5) is 21.6. The third-order valence-electron chi connectivity index (χ3n) is 2.69. The molecule has 1 heterocycles. The molecule has 5 nitrogen and oxygen atoms in total. The summed E-state index contributed by atoms with van der Waals surface area (Å²) in [5.41, 5.74) is 2.47. The summed E-state index contributed by atoms with van der Waals surface area (Å²) in [5.74, 6) is -0.975. The predicted molar refractivity (Wildman–Crippen MR) is 89.0 cm³/mol. The standard InChI is InChI=1S/C16H17NO4S/c1-11(5-4-6-12(2)9-16(18)19)7-8-14-13(3)10-15(22-14)17(20)21/h4-10H,1-3H3,(H,18,19)/b6-4+,8-7?,11-5?,12-9?. The minimum absolute atomic E-state index is 0.133. The molecule has 1 aromatic heterocycles. The van der Waals surface area contributed by atoms with E-state index in [4.69, 9.17) is 5.11 Å². The minimum atomic E-state index is -0.975. The van der Waals surface area contributed by atoms with Crippen molar-refractivity contribution in [1.82, 2.24) is 0 Å². The summed E-state index contributed by atoms with van der Waals surface area (Å²) in [5, 5.41) is 19.4. The Hall–Kier alpha value is -2.47. The Morgan fingerprint density at radius 2 is 2.00 bits per heavy atom. The van der Waals surface area contributed by atoms with Gasteiger partial charge < -0.3 is 5.11 Å².